The van der Waals surface area contributed by atoms with Gasteiger partial charge >= 0.3 is 0 Å². The van der Waals surface area contributed by atoms with Crippen molar-refractivity contribution in [2.45, 2.75) is 45.6 Å². The van der Waals surface area contributed by atoms with E-state index < -0.39 is 0 Å². The molecule has 0 spiro atoms. The summed E-state index contributed by atoms with van der Waals surface area (Å²) in [5.74, 6) is 1.82. The van der Waals surface area contributed by atoms with Gasteiger partial charge in [-0.3, -0.25) is 0 Å². The Morgan fingerprint density at radius 3 is 2.80 bits per heavy atom. The largest absolute Gasteiger partial charge is 0.357 e. The molecule has 3 rings (SSSR count). The third kappa shape index (κ3) is 2.14. The molecule has 0 saturated carbocycles. The second kappa shape index (κ2) is 4.88. The summed E-state index contributed by atoms with van der Waals surface area (Å²) in [4.78, 5) is 14.3. The normalized spacial score (nSPS) is 17.9. The fourth-order valence-electron chi connectivity index (χ4n) is 2.95. The van der Waals surface area contributed by atoms with Crippen LogP contribution in [0.5, 0.6) is 0 Å². The minimum absolute atomic E-state index is 0.181. The van der Waals surface area contributed by atoms with E-state index >= 15 is 0 Å². The number of hydrogen-bond acceptors (Lipinski definition) is 5. The van der Waals surface area contributed by atoms with Gasteiger partial charge in [-0.1, -0.05) is 6.92 Å². The van der Waals surface area contributed by atoms with Gasteiger partial charge in [0.2, 0.25) is 5.95 Å². The van der Waals surface area contributed by atoms with Crippen LogP contribution in [0, 0.1) is 0 Å². The number of fused-ring (bicyclic) bond motifs is 1. The molecule has 1 aliphatic heterocycles. The third-order valence-corrected chi connectivity index (χ3v) is 5.33. The minimum atomic E-state index is 0.181. The molecule has 20 heavy (non-hydrogen) atoms. The minimum Gasteiger partial charge on any atom is -0.357 e. The standard InChI is InChI=1S/C15H22N4S/c1-5-10-9-11-12(19-8-6-7-15(19,2)3)17-14(16-4)18-13(11)20-10/h9H,5-8H2,1-4H3,(H,16,17,18). The van der Waals surface area contributed by atoms with Crippen LogP contribution in [-0.4, -0.2) is 29.1 Å². The maximum atomic E-state index is 4.76. The maximum Gasteiger partial charge on any atom is 0.225 e. The van der Waals surface area contributed by atoms with Crippen molar-refractivity contribution in [3.8, 4) is 0 Å². The molecule has 1 aliphatic rings. The van der Waals surface area contributed by atoms with Gasteiger partial charge in [-0.15, -0.1) is 11.3 Å². The topological polar surface area (TPSA) is 41.1 Å². The average molecular weight is 290 g/mol. The summed E-state index contributed by atoms with van der Waals surface area (Å²) >= 11 is 1.78. The van der Waals surface area contributed by atoms with Crippen molar-refractivity contribution in [3.05, 3.63) is 10.9 Å². The van der Waals surface area contributed by atoms with Gasteiger partial charge in [0.05, 0.1) is 5.39 Å². The van der Waals surface area contributed by atoms with E-state index in [9.17, 15) is 0 Å². The fraction of sp³-hybridized carbons (Fsp3) is 0.600. The molecular formula is C15H22N4S. The summed E-state index contributed by atoms with van der Waals surface area (Å²) in [5.41, 5.74) is 0.181. The van der Waals surface area contributed by atoms with E-state index in [-0.39, 0.29) is 5.54 Å². The Morgan fingerprint density at radius 1 is 1.40 bits per heavy atom. The summed E-state index contributed by atoms with van der Waals surface area (Å²) in [6.07, 6.45) is 3.51. The number of anilines is 2. The van der Waals surface area contributed by atoms with E-state index in [1.165, 1.54) is 23.1 Å². The van der Waals surface area contributed by atoms with Gasteiger partial charge in [-0.05, 0) is 39.2 Å². The molecule has 0 unspecified atom stereocenters. The second-order valence-corrected chi connectivity index (χ2v) is 7.09. The van der Waals surface area contributed by atoms with E-state index in [1.54, 1.807) is 11.3 Å². The zero-order valence-electron chi connectivity index (χ0n) is 12.7. The molecular weight excluding hydrogens is 268 g/mol. The maximum absolute atomic E-state index is 4.76. The van der Waals surface area contributed by atoms with E-state index in [2.05, 4.69) is 42.0 Å². The van der Waals surface area contributed by atoms with Gasteiger partial charge in [0, 0.05) is 24.0 Å². The summed E-state index contributed by atoms with van der Waals surface area (Å²) in [5, 5.41) is 4.30. The first-order valence-electron chi connectivity index (χ1n) is 7.31. The van der Waals surface area contributed by atoms with Gasteiger partial charge in [0.15, 0.2) is 0 Å². The Kier molecular flexibility index (Phi) is 3.32. The van der Waals surface area contributed by atoms with Gasteiger partial charge in [-0.25, -0.2) is 4.98 Å². The lowest BCUT2D eigenvalue weighted by molar-refractivity contribution is 0.515. The number of aromatic nitrogens is 2. The monoisotopic (exact) mass is 290 g/mol. The molecule has 0 aliphatic carbocycles. The lowest BCUT2D eigenvalue weighted by Gasteiger charge is -2.33. The molecule has 3 heterocycles. The number of rotatable bonds is 3. The van der Waals surface area contributed by atoms with E-state index in [0.29, 0.717) is 0 Å². The lowest BCUT2D eigenvalue weighted by atomic mass is 10.0. The van der Waals surface area contributed by atoms with Crippen LogP contribution in [-0.2, 0) is 6.42 Å². The highest BCUT2D eigenvalue weighted by molar-refractivity contribution is 7.18. The van der Waals surface area contributed by atoms with Crippen molar-refractivity contribution in [2.24, 2.45) is 0 Å². The Hall–Kier alpha value is -1.36. The number of thiophene rings is 1. The van der Waals surface area contributed by atoms with Crippen LogP contribution in [0.4, 0.5) is 11.8 Å². The third-order valence-electron chi connectivity index (χ3n) is 4.15. The molecule has 4 nitrogen and oxygen atoms in total. The second-order valence-electron chi connectivity index (χ2n) is 5.97. The van der Waals surface area contributed by atoms with Crippen LogP contribution in [0.15, 0.2) is 6.07 Å². The predicted molar refractivity (Wildman–Crippen MR) is 87.0 cm³/mol. The predicted octanol–water partition coefficient (Wildman–Crippen LogP) is 3.67. The van der Waals surface area contributed by atoms with Crippen LogP contribution in [0.3, 0.4) is 0 Å². The first-order chi connectivity index (χ1) is 9.55. The van der Waals surface area contributed by atoms with E-state index in [0.717, 1.165) is 29.6 Å². The lowest BCUT2D eigenvalue weighted by Crippen LogP contribution is -2.38. The first-order valence-corrected chi connectivity index (χ1v) is 8.12. The van der Waals surface area contributed by atoms with Crippen molar-refractivity contribution >= 4 is 33.3 Å². The first kappa shape index (κ1) is 13.6. The Morgan fingerprint density at radius 2 is 2.20 bits per heavy atom. The highest BCUT2D eigenvalue weighted by atomic mass is 32.1. The van der Waals surface area contributed by atoms with Gasteiger partial charge in [0.1, 0.15) is 10.6 Å². The molecule has 5 heteroatoms. The highest BCUT2D eigenvalue weighted by Gasteiger charge is 2.34. The highest BCUT2D eigenvalue weighted by Crippen LogP contribution is 2.39. The molecule has 0 amide bonds. The molecule has 2 aromatic heterocycles. The van der Waals surface area contributed by atoms with Crippen LogP contribution >= 0.6 is 11.3 Å². The molecule has 1 saturated heterocycles. The average Bonchev–Trinajstić information content (AvgIpc) is 2.99. The van der Waals surface area contributed by atoms with Crippen molar-refractivity contribution in [3.63, 3.8) is 0 Å². The van der Waals surface area contributed by atoms with Gasteiger partial charge < -0.3 is 10.2 Å². The van der Waals surface area contributed by atoms with Crippen LogP contribution < -0.4 is 10.2 Å². The molecule has 1 N–H and O–H groups in total. The van der Waals surface area contributed by atoms with Crippen molar-refractivity contribution in [1.29, 1.82) is 0 Å². The summed E-state index contributed by atoms with van der Waals surface area (Å²) in [7, 11) is 1.88. The van der Waals surface area contributed by atoms with Gasteiger partial charge in [0.25, 0.3) is 0 Å². The number of aryl methyl sites for hydroxylation is 1. The SMILES string of the molecule is CCc1cc2c(N3CCCC3(C)C)nc(NC)nc2s1. The molecule has 0 aromatic carbocycles. The molecule has 0 atom stereocenters. The van der Waals surface area contributed by atoms with E-state index in [1.807, 2.05) is 7.05 Å². The number of nitrogens with zero attached hydrogens (tertiary/aromatic N) is 3. The van der Waals surface area contributed by atoms with Crippen LogP contribution in [0.1, 0.15) is 38.5 Å². The van der Waals surface area contributed by atoms with Crippen molar-refractivity contribution in [2.75, 3.05) is 23.8 Å². The summed E-state index contributed by atoms with van der Waals surface area (Å²) in [6, 6.07) is 2.27. The quantitative estimate of drug-likeness (QED) is 0.936. The summed E-state index contributed by atoms with van der Waals surface area (Å²) < 4.78 is 0. The summed E-state index contributed by atoms with van der Waals surface area (Å²) in [6.45, 7) is 7.89. The zero-order valence-corrected chi connectivity index (χ0v) is 13.5. The molecule has 2 aromatic rings. The fourth-order valence-corrected chi connectivity index (χ4v) is 3.91. The van der Waals surface area contributed by atoms with Crippen LogP contribution in [0.2, 0.25) is 0 Å². The number of hydrogen-bond donors (Lipinski definition) is 1. The van der Waals surface area contributed by atoms with Crippen molar-refractivity contribution in [1.82, 2.24) is 9.97 Å². The molecule has 1 fully saturated rings. The molecule has 0 bridgehead atoms. The Labute approximate surface area is 124 Å². The molecule has 108 valence electrons. The van der Waals surface area contributed by atoms with Gasteiger partial charge in [-0.2, -0.15) is 4.98 Å². The van der Waals surface area contributed by atoms with E-state index in [4.69, 9.17) is 4.98 Å². The number of nitrogens with one attached hydrogen (secondary N) is 1. The van der Waals surface area contributed by atoms with Crippen LogP contribution in [0.25, 0.3) is 10.2 Å². The Bertz CT molecular complexity index is 632. The molecule has 0 radical (unpaired) electrons. The Balaban J connectivity index is 2.19. The zero-order chi connectivity index (χ0) is 14.3. The van der Waals surface area contributed by atoms with Crippen molar-refractivity contribution < 1.29 is 0 Å². The smallest absolute Gasteiger partial charge is 0.225 e.